The minimum atomic E-state index is -0.492. The summed E-state index contributed by atoms with van der Waals surface area (Å²) in [7, 11) is 1.52. The molecular weight excluding hydrogens is 312 g/mol. The lowest BCUT2D eigenvalue weighted by Gasteiger charge is -2.13. The number of rotatable bonds is 7. The highest BCUT2D eigenvalue weighted by atomic mass is 16.5. The first-order valence-electron chi connectivity index (χ1n) is 8.18. The monoisotopic (exact) mass is 336 g/mol. The summed E-state index contributed by atoms with van der Waals surface area (Å²) >= 11 is 0. The van der Waals surface area contributed by atoms with Gasteiger partial charge in [0.1, 0.15) is 6.10 Å². The fraction of sp³-hybridized carbons (Fsp3) is 0.529. The summed E-state index contributed by atoms with van der Waals surface area (Å²) in [6.07, 6.45) is 3.00. The second kappa shape index (κ2) is 9.12. The third-order valence-electron chi connectivity index (χ3n) is 3.70. The zero-order valence-electron chi connectivity index (χ0n) is 14.1. The molecule has 1 unspecified atom stereocenters. The Balaban J connectivity index is 1.92. The Labute approximate surface area is 141 Å². The predicted molar refractivity (Wildman–Crippen MR) is 88.0 cm³/mol. The molecule has 1 aliphatic rings. The molecule has 0 saturated carbocycles. The van der Waals surface area contributed by atoms with Crippen LogP contribution in [-0.2, 0) is 9.53 Å². The molecule has 1 aromatic carbocycles. The third kappa shape index (κ3) is 4.86. The molecule has 132 valence electrons. The largest absolute Gasteiger partial charge is 0.493 e. The lowest BCUT2D eigenvalue weighted by Crippen LogP contribution is -2.46. The van der Waals surface area contributed by atoms with Crippen molar-refractivity contribution in [1.82, 2.24) is 10.9 Å². The van der Waals surface area contributed by atoms with Crippen LogP contribution in [0.2, 0.25) is 0 Å². The van der Waals surface area contributed by atoms with Crippen LogP contribution in [0, 0.1) is 0 Å². The summed E-state index contributed by atoms with van der Waals surface area (Å²) < 4.78 is 16.1. The third-order valence-corrected chi connectivity index (χ3v) is 3.70. The Morgan fingerprint density at radius 3 is 2.79 bits per heavy atom. The molecule has 1 atom stereocenters. The van der Waals surface area contributed by atoms with E-state index >= 15 is 0 Å². The quantitative estimate of drug-likeness (QED) is 0.586. The van der Waals surface area contributed by atoms with Crippen molar-refractivity contribution >= 4 is 11.8 Å². The normalized spacial score (nSPS) is 16.5. The maximum Gasteiger partial charge on any atom is 0.269 e. The van der Waals surface area contributed by atoms with Gasteiger partial charge in [-0.25, -0.2) is 0 Å². The number of carbonyl (C=O) groups is 2. The number of hydrogen-bond acceptors (Lipinski definition) is 5. The molecule has 1 aliphatic heterocycles. The maximum atomic E-state index is 12.1. The molecule has 1 fully saturated rings. The van der Waals surface area contributed by atoms with Crippen LogP contribution in [0.25, 0.3) is 0 Å². The van der Waals surface area contributed by atoms with Crippen molar-refractivity contribution in [2.75, 3.05) is 20.3 Å². The number of unbranched alkanes of at least 4 members (excludes halogenated alkanes) is 1. The van der Waals surface area contributed by atoms with Crippen LogP contribution in [0.15, 0.2) is 18.2 Å². The van der Waals surface area contributed by atoms with Crippen molar-refractivity contribution in [2.45, 2.75) is 38.7 Å². The lowest BCUT2D eigenvalue weighted by molar-refractivity contribution is -0.130. The first-order valence-corrected chi connectivity index (χ1v) is 8.18. The summed E-state index contributed by atoms with van der Waals surface area (Å²) in [5.74, 6) is 0.294. The second-order valence-corrected chi connectivity index (χ2v) is 5.51. The topological polar surface area (TPSA) is 85.9 Å². The minimum absolute atomic E-state index is 0.340. The van der Waals surface area contributed by atoms with Crippen molar-refractivity contribution < 1.29 is 23.8 Å². The second-order valence-electron chi connectivity index (χ2n) is 5.51. The van der Waals surface area contributed by atoms with Crippen LogP contribution in [-0.4, -0.2) is 38.2 Å². The molecule has 1 saturated heterocycles. The standard InChI is InChI=1S/C17H24N2O5/c1-3-4-9-23-13-8-7-12(11-15(13)22-2)16(20)18-19-17(21)14-6-5-10-24-14/h7-8,11,14H,3-6,9-10H2,1-2H3,(H,18,20)(H,19,21). The molecule has 7 nitrogen and oxygen atoms in total. The summed E-state index contributed by atoms with van der Waals surface area (Å²) in [4.78, 5) is 24.0. The number of methoxy groups -OCH3 is 1. The lowest BCUT2D eigenvalue weighted by atomic mass is 10.2. The Bertz CT molecular complexity index is 570. The van der Waals surface area contributed by atoms with Gasteiger partial charge in [0.2, 0.25) is 0 Å². The summed E-state index contributed by atoms with van der Waals surface area (Å²) in [6.45, 7) is 3.25. The number of hydrogen-bond donors (Lipinski definition) is 2. The molecule has 2 N–H and O–H groups in total. The van der Waals surface area contributed by atoms with Crippen LogP contribution in [0.3, 0.4) is 0 Å². The Hall–Kier alpha value is -2.28. The first-order chi connectivity index (χ1) is 11.7. The average molecular weight is 336 g/mol. The first kappa shape index (κ1) is 18.1. The van der Waals surface area contributed by atoms with E-state index in [2.05, 4.69) is 17.8 Å². The summed E-state index contributed by atoms with van der Waals surface area (Å²) in [5.41, 5.74) is 5.13. The number of benzene rings is 1. The molecule has 0 bridgehead atoms. The van der Waals surface area contributed by atoms with Gasteiger partial charge in [0.15, 0.2) is 11.5 Å². The van der Waals surface area contributed by atoms with Crippen molar-refractivity contribution in [3.8, 4) is 11.5 Å². The fourth-order valence-electron chi connectivity index (χ4n) is 2.31. The van der Waals surface area contributed by atoms with Crippen LogP contribution in [0.1, 0.15) is 43.0 Å². The summed E-state index contributed by atoms with van der Waals surface area (Å²) in [6, 6.07) is 4.89. The van der Waals surface area contributed by atoms with Gasteiger partial charge in [-0.1, -0.05) is 13.3 Å². The Morgan fingerprint density at radius 1 is 1.29 bits per heavy atom. The minimum Gasteiger partial charge on any atom is -0.493 e. The van der Waals surface area contributed by atoms with E-state index in [-0.39, 0.29) is 5.91 Å². The van der Waals surface area contributed by atoms with Crippen molar-refractivity contribution in [2.24, 2.45) is 0 Å². The number of ether oxygens (including phenoxy) is 3. The zero-order chi connectivity index (χ0) is 17.4. The SMILES string of the molecule is CCCCOc1ccc(C(=O)NNC(=O)C2CCCO2)cc1OC. The molecule has 0 aliphatic carbocycles. The molecule has 1 heterocycles. The highest BCUT2D eigenvalue weighted by Gasteiger charge is 2.24. The van der Waals surface area contributed by atoms with Crippen LogP contribution in [0.4, 0.5) is 0 Å². The molecule has 1 aromatic rings. The van der Waals surface area contributed by atoms with E-state index in [1.54, 1.807) is 18.2 Å². The zero-order valence-corrected chi connectivity index (χ0v) is 14.1. The molecule has 2 amide bonds. The van der Waals surface area contributed by atoms with Gasteiger partial charge in [-0.3, -0.25) is 20.4 Å². The molecular formula is C17H24N2O5. The molecule has 7 heteroatoms. The van der Waals surface area contributed by atoms with Gasteiger partial charge in [-0.2, -0.15) is 0 Å². The molecule has 0 aromatic heterocycles. The smallest absolute Gasteiger partial charge is 0.269 e. The fourth-order valence-corrected chi connectivity index (χ4v) is 2.31. The van der Waals surface area contributed by atoms with E-state index in [4.69, 9.17) is 14.2 Å². The number of carbonyl (C=O) groups excluding carboxylic acids is 2. The Morgan fingerprint density at radius 2 is 2.12 bits per heavy atom. The molecule has 0 spiro atoms. The van der Waals surface area contributed by atoms with Gasteiger partial charge < -0.3 is 14.2 Å². The highest BCUT2D eigenvalue weighted by molar-refractivity contribution is 5.96. The molecule has 2 rings (SSSR count). The number of hydrazine groups is 1. The van der Waals surface area contributed by atoms with E-state index < -0.39 is 12.0 Å². The van der Waals surface area contributed by atoms with Crippen molar-refractivity contribution in [1.29, 1.82) is 0 Å². The van der Waals surface area contributed by atoms with E-state index in [0.717, 1.165) is 19.3 Å². The van der Waals surface area contributed by atoms with Crippen LogP contribution < -0.4 is 20.3 Å². The van der Waals surface area contributed by atoms with E-state index in [9.17, 15) is 9.59 Å². The van der Waals surface area contributed by atoms with E-state index in [1.165, 1.54) is 7.11 Å². The van der Waals surface area contributed by atoms with Gasteiger partial charge in [0.25, 0.3) is 11.8 Å². The average Bonchev–Trinajstić information content (AvgIpc) is 3.14. The van der Waals surface area contributed by atoms with Gasteiger partial charge in [-0.15, -0.1) is 0 Å². The van der Waals surface area contributed by atoms with Crippen LogP contribution in [0.5, 0.6) is 11.5 Å². The predicted octanol–water partition coefficient (Wildman–Crippen LogP) is 1.81. The van der Waals surface area contributed by atoms with Crippen molar-refractivity contribution in [3.05, 3.63) is 23.8 Å². The van der Waals surface area contributed by atoms with Gasteiger partial charge in [0.05, 0.1) is 13.7 Å². The van der Waals surface area contributed by atoms with Gasteiger partial charge in [0, 0.05) is 12.2 Å². The summed E-state index contributed by atoms with van der Waals surface area (Å²) in [5, 5.41) is 0. The van der Waals surface area contributed by atoms with E-state index in [0.29, 0.717) is 36.7 Å². The number of nitrogens with one attached hydrogen (secondary N) is 2. The number of amides is 2. The van der Waals surface area contributed by atoms with Crippen molar-refractivity contribution in [3.63, 3.8) is 0 Å². The molecule has 24 heavy (non-hydrogen) atoms. The Kier molecular flexibility index (Phi) is 6.87. The molecule has 0 radical (unpaired) electrons. The van der Waals surface area contributed by atoms with Gasteiger partial charge in [-0.05, 0) is 37.5 Å². The highest BCUT2D eigenvalue weighted by Crippen LogP contribution is 2.28. The van der Waals surface area contributed by atoms with Crippen LogP contribution >= 0.6 is 0 Å². The maximum absolute atomic E-state index is 12.1. The van der Waals surface area contributed by atoms with E-state index in [1.807, 2.05) is 0 Å². The van der Waals surface area contributed by atoms with Gasteiger partial charge >= 0.3 is 0 Å².